The molecule has 0 atom stereocenters. The SMILES string of the molecule is CC=C(NOCCOc1cccc(C(C)(C)C(=O)O)c1)c1ccc(-c2ccccc2)cc1. The summed E-state index contributed by atoms with van der Waals surface area (Å²) in [5.41, 5.74) is 6.93. The van der Waals surface area contributed by atoms with Crippen LogP contribution in [-0.4, -0.2) is 24.3 Å². The van der Waals surface area contributed by atoms with Crippen LogP contribution in [0.1, 0.15) is 31.9 Å². The minimum atomic E-state index is -0.978. The molecule has 3 aromatic rings. The zero-order valence-electron chi connectivity index (χ0n) is 18.7. The Morgan fingerprint density at radius 2 is 1.62 bits per heavy atom. The van der Waals surface area contributed by atoms with E-state index >= 15 is 0 Å². The second kappa shape index (κ2) is 10.6. The maximum atomic E-state index is 11.5. The number of ether oxygens (including phenoxy) is 1. The van der Waals surface area contributed by atoms with E-state index in [1.54, 1.807) is 38.1 Å². The van der Waals surface area contributed by atoms with Crippen molar-refractivity contribution in [3.05, 3.63) is 96.1 Å². The predicted octanol–water partition coefficient (Wildman–Crippen LogP) is 5.68. The molecular weight excluding hydrogens is 402 g/mol. The molecule has 3 rings (SSSR count). The van der Waals surface area contributed by atoms with Gasteiger partial charge in [-0.3, -0.25) is 15.1 Å². The average molecular weight is 432 g/mol. The summed E-state index contributed by atoms with van der Waals surface area (Å²) in [6, 6.07) is 25.7. The predicted molar refractivity (Wildman–Crippen MR) is 127 cm³/mol. The van der Waals surface area contributed by atoms with Crippen LogP contribution in [0.15, 0.2) is 84.9 Å². The van der Waals surface area contributed by atoms with Crippen molar-refractivity contribution in [2.24, 2.45) is 0 Å². The van der Waals surface area contributed by atoms with Crippen LogP contribution in [0.25, 0.3) is 16.8 Å². The van der Waals surface area contributed by atoms with E-state index in [0.717, 1.165) is 16.8 Å². The van der Waals surface area contributed by atoms with Crippen molar-refractivity contribution in [1.82, 2.24) is 5.48 Å². The van der Waals surface area contributed by atoms with Crippen LogP contribution >= 0.6 is 0 Å². The molecular formula is C27H29NO4. The van der Waals surface area contributed by atoms with Crippen molar-refractivity contribution >= 4 is 11.7 Å². The average Bonchev–Trinajstić information content (AvgIpc) is 2.82. The van der Waals surface area contributed by atoms with E-state index in [2.05, 4.69) is 41.9 Å². The van der Waals surface area contributed by atoms with Crippen LogP contribution in [0.5, 0.6) is 5.75 Å². The quantitative estimate of drug-likeness (QED) is 0.319. The second-order valence-corrected chi connectivity index (χ2v) is 7.90. The molecule has 0 heterocycles. The van der Waals surface area contributed by atoms with Gasteiger partial charge in [-0.05, 0) is 55.2 Å². The number of benzene rings is 3. The largest absolute Gasteiger partial charge is 0.491 e. The van der Waals surface area contributed by atoms with Crippen LogP contribution < -0.4 is 10.2 Å². The first-order chi connectivity index (χ1) is 15.4. The minimum absolute atomic E-state index is 0.325. The van der Waals surface area contributed by atoms with Gasteiger partial charge < -0.3 is 9.84 Å². The van der Waals surface area contributed by atoms with Crippen molar-refractivity contribution < 1.29 is 19.5 Å². The van der Waals surface area contributed by atoms with Gasteiger partial charge in [0.2, 0.25) is 0 Å². The summed E-state index contributed by atoms with van der Waals surface area (Å²) in [7, 11) is 0. The van der Waals surface area contributed by atoms with Gasteiger partial charge in [0, 0.05) is 0 Å². The minimum Gasteiger partial charge on any atom is -0.491 e. The van der Waals surface area contributed by atoms with Crippen LogP contribution in [-0.2, 0) is 15.0 Å². The summed E-state index contributed by atoms with van der Waals surface area (Å²) >= 11 is 0. The first-order valence-corrected chi connectivity index (χ1v) is 10.6. The topological polar surface area (TPSA) is 67.8 Å². The Hall–Kier alpha value is -3.57. The van der Waals surface area contributed by atoms with E-state index in [9.17, 15) is 9.90 Å². The Kier molecular flexibility index (Phi) is 7.68. The highest BCUT2D eigenvalue weighted by atomic mass is 16.7. The van der Waals surface area contributed by atoms with Crippen LogP contribution in [0.3, 0.4) is 0 Å². The summed E-state index contributed by atoms with van der Waals surface area (Å²) in [6.45, 7) is 5.95. The lowest BCUT2D eigenvalue weighted by Crippen LogP contribution is -2.28. The molecule has 0 saturated carbocycles. The van der Waals surface area contributed by atoms with Crippen molar-refractivity contribution in [2.45, 2.75) is 26.2 Å². The Morgan fingerprint density at radius 3 is 2.28 bits per heavy atom. The monoisotopic (exact) mass is 431 g/mol. The molecule has 0 aliphatic rings. The third-order valence-corrected chi connectivity index (χ3v) is 5.32. The molecule has 0 aliphatic heterocycles. The third kappa shape index (κ3) is 5.77. The fourth-order valence-corrected chi connectivity index (χ4v) is 3.19. The summed E-state index contributed by atoms with van der Waals surface area (Å²) in [5, 5.41) is 9.40. The lowest BCUT2D eigenvalue weighted by Gasteiger charge is -2.20. The summed E-state index contributed by atoms with van der Waals surface area (Å²) < 4.78 is 5.73. The van der Waals surface area contributed by atoms with Gasteiger partial charge in [0.05, 0.1) is 11.1 Å². The van der Waals surface area contributed by atoms with E-state index < -0.39 is 11.4 Å². The molecule has 0 fully saturated rings. The molecule has 0 unspecified atom stereocenters. The molecule has 0 amide bonds. The number of rotatable bonds is 10. The van der Waals surface area contributed by atoms with Crippen molar-refractivity contribution in [2.75, 3.05) is 13.2 Å². The zero-order valence-corrected chi connectivity index (χ0v) is 18.7. The van der Waals surface area contributed by atoms with E-state index in [4.69, 9.17) is 9.57 Å². The van der Waals surface area contributed by atoms with Gasteiger partial charge in [0.1, 0.15) is 19.0 Å². The first-order valence-electron chi connectivity index (χ1n) is 10.6. The lowest BCUT2D eigenvalue weighted by molar-refractivity contribution is -0.142. The van der Waals surface area contributed by atoms with E-state index in [1.165, 1.54) is 5.56 Å². The van der Waals surface area contributed by atoms with E-state index in [-0.39, 0.29) is 0 Å². The van der Waals surface area contributed by atoms with Gasteiger partial charge >= 0.3 is 5.97 Å². The van der Waals surface area contributed by atoms with E-state index in [1.807, 2.05) is 31.2 Å². The highest BCUT2D eigenvalue weighted by Gasteiger charge is 2.29. The Balaban J connectivity index is 1.49. The first kappa shape index (κ1) is 23.1. The zero-order chi connectivity index (χ0) is 23.0. The number of carboxylic acid groups (broad SMARTS) is 1. The van der Waals surface area contributed by atoms with Crippen molar-refractivity contribution in [1.29, 1.82) is 0 Å². The van der Waals surface area contributed by atoms with Gasteiger partial charge in [0.25, 0.3) is 0 Å². The molecule has 0 aromatic heterocycles. The number of carbonyl (C=O) groups is 1. The molecule has 0 aliphatic carbocycles. The van der Waals surface area contributed by atoms with Gasteiger partial charge in [0.15, 0.2) is 0 Å². The normalized spacial score (nSPS) is 11.8. The number of hydroxylamine groups is 1. The molecule has 0 bridgehead atoms. The smallest absolute Gasteiger partial charge is 0.313 e. The Morgan fingerprint density at radius 1 is 0.938 bits per heavy atom. The fourth-order valence-electron chi connectivity index (χ4n) is 3.19. The number of carboxylic acids is 1. The Bertz CT molecular complexity index is 1060. The Labute approximate surface area is 189 Å². The number of aliphatic carboxylic acids is 1. The van der Waals surface area contributed by atoms with Crippen LogP contribution in [0, 0.1) is 0 Å². The highest BCUT2D eigenvalue weighted by molar-refractivity contribution is 5.80. The van der Waals surface area contributed by atoms with E-state index in [0.29, 0.717) is 24.5 Å². The summed E-state index contributed by atoms with van der Waals surface area (Å²) in [6.07, 6.45) is 1.95. The highest BCUT2D eigenvalue weighted by Crippen LogP contribution is 2.26. The number of nitrogens with one attached hydrogen (secondary N) is 1. The molecule has 2 N–H and O–H groups in total. The lowest BCUT2D eigenvalue weighted by atomic mass is 9.85. The van der Waals surface area contributed by atoms with Crippen molar-refractivity contribution in [3.63, 3.8) is 0 Å². The molecule has 0 radical (unpaired) electrons. The summed E-state index contributed by atoms with van der Waals surface area (Å²) in [4.78, 5) is 17.0. The van der Waals surface area contributed by atoms with Gasteiger partial charge in [-0.25, -0.2) is 0 Å². The van der Waals surface area contributed by atoms with Gasteiger partial charge in [-0.1, -0.05) is 72.8 Å². The maximum absolute atomic E-state index is 11.5. The van der Waals surface area contributed by atoms with Gasteiger partial charge in [-0.2, -0.15) is 0 Å². The van der Waals surface area contributed by atoms with Crippen molar-refractivity contribution in [3.8, 4) is 16.9 Å². The molecule has 0 saturated heterocycles. The molecule has 0 spiro atoms. The number of allylic oxidation sites excluding steroid dienone is 1. The summed E-state index contributed by atoms with van der Waals surface area (Å²) in [5.74, 6) is -0.263. The number of hydrogen-bond acceptors (Lipinski definition) is 4. The molecule has 5 nitrogen and oxygen atoms in total. The fraction of sp³-hybridized carbons (Fsp3) is 0.222. The number of hydrogen-bond donors (Lipinski definition) is 2. The third-order valence-electron chi connectivity index (χ3n) is 5.32. The molecule has 5 heteroatoms. The second-order valence-electron chi connectivity index (χ2n) is 7.90. The molecule has 32 heavy (non-hydrogen) atoms. The molecule has 3 aromatic carbocycles. The van der Waals surface area contributed by atoms with Crippen LogP contribution in [0.2, 0.25) is 0 Å². The molecule has 166 valence electrons. The maximum Gasteiger partial charge on any atom is 0.313 e. The van der Waals surface area contributed by atoms with Gasteiger partial charge in [-0.15, -0.1) is 0 Å². The standard InChI is InChI=1S/C27H29NO4/c1-4-25(22-15-13-21(14-16-22)20-9-6-5-7-10-20)28-32-18-17-31-24-12-8-11-23(19-24)27(2,3)26(29)30/h4-16,19,28H,17-18H2,1-3H3,(H,29,30). The van der Waals surface area contributed by atoms with Crippen LogP contribution in [0.4, 0.5) is 0 Å².